The molecule has 0 aliphatic carbocycles. The van der Waals surface area contributed by atoms with E-state index in [0.29, 0.717) is 6.54 Å². The average Bonchev–Trinajstić information content (AvgIpc) is 2.10. The highest BCUT2D eigenvalue weighted by Gasteiger charge is 1.95. The van der Waals surface area contributed by atoms with Gasteiger partial charge in [0.25, 0.3) is 0 Å². The molecule has 0 heterocycles. The molecule has 0 bridgehead atoms. The fourth-order valence-corrected chi connectivity index (χ4v) is 0.975. The monoisotopic (exact) mass is 200 g/mol. The first-order valence-electron chi connectivity index (χ1n) is 4.85. The van der Waals surface area contributed by atoms with Crippen LogP contribution in [0.15, 0.2) is 11.6 Å². The highest BCUT2D eigenvalue weighted by atomic mass is 16.4. The summed E-state index contributed by atoms with van der Waals surface area (Å²) in [4.78, 5) is 12.5. The molecule has 0 amide bonds. The zero-order chi connectivity index (χ0) is 11.0. The van der Waals surface area contributed by atoms with Gasteiger partial charge < -0.3 is 15.3 Å². The van der Waals surface area contributed by atoms with Gasteiger partial charge in [-0.2, -0.15) is 0 Å². The summed E-state index contributed by atoms with van der Waals surface area (Å²) in [6, 6.07) is 0. The zero-order valence-corrected chi connectivity index (χ0v) is 9.21. The number of carboxylic acids is 1. The molecule has 0 aromatic heterocycles. The molecule has 0 saturated carbocycles. The lowest BCUT2D eigenvalue weighted by atomic mass is 10.3. The Morgan fingerprint density at radius 2 is 2.21 bits per heavy atom. The minimum atomic E-state index is -0.880. The summed E-state index contributed by atoms with van der Waals surface area (Å²) in [5.74, 6) is -0.880. The van der Waals surface area contributed by atoms with E-state index in [1.807, 2.05) is 6.92 Å². The van der Waals surface area contributed by atoms with Gasteiger partial charge in [-0.15, -0.1) is 0 Å². The molecule has 0 spiro atoms. The summed E-state index contributed by atoms with van der Waals surface area (Å²) >= 11 is 0. The molecule has 0 fully saturated rings. The van der Waals surface area contributed by atoms with Crippen molar-refractivity contribution < 1.29 is 9.90 Å². The van der Waals surface area contributed by atoms with Crippen molar-refractivity contribution in [1.82, 2.24) is 10.2 Å². The minimum absolute atomic E-state index is 0.643. The zero-order valence-electron chi connectivity index (χ0n) is 9.21. The Morgan fingerprint density at radius 3 is 2.71 bits per heavy atom. The molecule has 0 aliphatic heterocycles. The first-order valence-corrected chi connectivity index (χ1v) is 4.85. The van der Waals surface area contributed by atoms with Crippen molar-refractivity contribution in [2.24, 2.45) is 0 Å². The van der Waals surface area contributed by atoms with Gasteiger partial charge in [0, 0.05) is 25.7 Å². The fourth-order valence-electron chi connectivity index (χ4n) is 0.975. The molecule has 14 heavy (non-hydrogen) atoms. The second-order valence-electron chi connectivity index (χ2n) is 3.40. The molecule has 0 atom stereocenters. The topological polar surface area (TPSA) is 52.6 Å². The van der Waals surface area contributed by atoms with Gasteiger partial charge in [-0.05, 0) is 20.5 Å². The van der Waals surface area contributed by atoms with Crippen LogP contribution >= 0.6 is 0 Å². The lowest BCUT2D eigenvalue weighted by Crippen LogP contribution is -2.29. The van der Waals surface area contributed by atoms with Crippen LogP contribution in [0.5, 0.6) is 0 Å². The molecule has 4 heteroatoms. The lowest BCUT2D eigenvalue weighted by molar-refractivity contribution is -0.131. The van der Waals surface area contributed by atoms with E-state index < -0.39 is 5.97 Å². The van der Waals surface area contributed by atoms with E-state index in [9.17, 15) is 4.79 Å². The maximum Gasteiger partial charge on any atom is 0.328 e. The van der Waals surface area contributed by atoms with Crippen molar-refractivity contribution in [2.45, 2.75) is 13.8 Å². The maximum atomic E-state index is 10.3. The SMILES string of the molecule is CCN(C)CCNCC(C)=CC(=O)O. The van der Waals surface area contributed by atoms with Gasteiger partial charge in [0.05, 0.1) is 0 Å². The molecule has 0 unspecified atom stereocenters. The largest absolute Gasteiger partial charge is 0.478 e. The van der Waals surface area contributed by atoms with Crippen LogP contribution in [0.1, 0.15) is 13.8 Å². The van der Waals surface area contributed by atoms with Gasteiger partial charge in [-0.3, -0.25) is 0 Å². The molecule has 0 saturated heterocycles. The Kier molecular flexibility index (Phi) is 7.06. The van der Waals surface area contributed by atoms with E-state index in [4.69, 9.17) is 5.11 Å². The highest BCUT2D eigenvalue weighted by molar-refractivity contribution is 5.80. The van der Waals surface area contributed by atoms with Crippen molar-refractivity contribution in [3.63, 3.8) is 0 Å². The molecule has 0 aliphatic rings. The molecular weight excluding hydrogens is 180 g/mol. The number of nitrogens with one attached hydrogen (secondary N) is 1. The first kappa shape index (κ1) is 13.1. The number of hydrogen-bond acceptors (Lipinski definition) is 3. The molecule has 4 nitrogen and oxygen atoms in total. The summed E-state index contributed by atoms with van der Waals surface area (Å²) in [5.41, 5.74) is 0.844. The lowest BCUT2D eigenvalue weighted by Gasteiger charge is -2.13. The molecule has 2 N–H and O–H groups in total. The van der Waals surface area contributed by atoms with Gasteiger partial charge >= 0.3 is 5.97 Å². The van der Waals surface area contributed by atoms with Crippen LogP contribution in [0.4, 0.5) is 0 Å². The number of aliphatic carboxylic acids is 1. The minimum Gasteiger partial charge on any atom is -0.478 e. The molecule has 0 radical (unpaired) electrons. The third-order valence-corrected chi connectivity index (χ3v) is 1.98. The van der Waals surface area contributed by atoms with Gasteiger partial charge in [0.15, 0.2) is 0 Å². The maximum absolute atomic E-state index is 10.3. The second-order valence-corrected chi connectivity index (χ2v) is 3.40. The summed E-state index contributed by atoms with van der Waals surface area (Å²) < 4.78 is 0. The van der Waals surface area contributed by atoms with Crippen molar-refractivity contribution in [2.75, 3.05) is 33.2 Å². The summed E-state index contributed by atoms with van der Waals surface area (Å²) in [6.45, 7) is 7.46. The average molecular weight is 200 g/mol. The predicted octanol–water partition coefficient (Wildman–Crippen LogP) is 0.559. The molecule has 82 valence electrons. The van der Waals surface area contributed by atoms with Gasteiger partial charge in [-0.1, -0.05) is 12.5 Å². The standard InChI is InChI=1S/C10H20N2O2/c1-4-12(3)6-5-11-8-9(2)7-10(13)14/h7,11H,4-6,8H2,1-3H3,(H,13,14). The first-order chi connectivity index (χ1) is 6.56. The van der Waals surface area contributed by atoms with Crippen LogP contribution in [0.3, 0.4) is 0 Å². The van der Waals surface area contributed by atoms with Crippen LogP contribution in [0.25, 0.3) is 0 Å². The fraction of sp³-hybridized carbons (Fsp3) is 0.700. The number of carbonyl (C=O) groups is 1. The third kappa shape index (κ3) is 7.76. The van der Waals surface area contributed by atoms with Crippen LogP contribution < -0.4 is 5.32 Å². The Balaban J connectivity index is 3.50. The normalized spacial score (nSPS) is 12.1. The van der Waals surface area contributed by atoms with E-state index in [1.165, 1.54) is 6.08 Å². The van der Waals surface area contributed by atoms with Crippen LogP contribution in [-0.4, -0.2) is 49.2 Å². The van der Waals surface area contributed by atoms with Crippen LogP contribution in [-0.2, 0) is 4.79 Å². The Labute approximate surface area is 85.6 Å². The quantitative estimate of drug-likeness (QED) is 0.466. The number of nitrogens with zero attached hydrogens (tertiary/aromatic N) is 1. The van der Waals surface area contributed by atoms with Gasteiger partial charge in [0.1, 0.15) is 0 Å². The van der Waals surface area contributed by atoms with Crippen LogP contribution in [0.2, 0.25) is 0 Å². The molecular formula is C10H20N2O2. The van der Waals surface area contributed by atoms with Gasteiger partial charge in [-0.25, -0.2) is 4.79 Å². The predicted molar refractivity (Wildman–Crippen MR) is 57.4 cm³/mol. The number of rotatable bonds is 7. The van der Waals surface area contributed by atoms with Crippen molar-refractivity contribution in [3.8, 4) is 0 Å². The smallest absolute Gasteiger partial charge is 0.328 e. The molecule has 0 rings (SSSR count). The summed E-state index contributed by atoms with van der Waals surface area (Å²) in [5, 5.41) is 11.6. The molecule has 0 aromatic carbocycles. The summed E-state index contributed by atoms with van der Waals surface area (Å²) in [7, 11) is 2.06. The van der Waals surface area contributed by atoms with E-state index in [0.717, 1.165) is 25.2 Å². The van der Waals surface area contributed by atoms with E-state index >= 15 is 0 Å². The highest BCUT2D eigenvalue weighted by Crippen LogP contribution is 1.88. The molecule has 0 aromatic rings. The van der Waals surface area contributed by atoms with E-state index in [-0.39, 0.29) is 0 Å². The van der Waals surface area contributed by atoms with E-state index in [1.54, 1.807) is 0 Å². The van der Waals surface area contributed by atoms with Crippen molar-refractivity contribution in [3.05, 3.63) is 11.6 Å². The Hall–Kier alpha value is -0.870. The van der Waals surface area contributed by atoms with Gasteiger partial charge in [0.2, 0.25) is 0 Å². The van der Waals surface area contributed by atoms with Crippen LogP contribution in [0, 0.1) is 0 Å². The Bertz CT molecular complexity index is 202. The van der Waals surface area contributed by atoms with Crippen molar-refractivity contribution in [1.29, 1.82) is 0 Å². The number of carboxylic acid groups (broad SMARTS) is 1. The Morgan fingerprint density at radius 1 is 1.57 bits per heavy atom. The number of likely N-dealkylation sites (N-methyl/N-ethyl adjacent to an activating group) is 1. The summed E-state index contributed by atoms with van der Waals surface area (Å²) in [6.07, 6.45) is 1.23. The van der Waals surface area contributed by atoms with Crippen molar-refractivity contribution >= 4 is 5.97 Å². The number of hydrogen-bond donors (Lipinski definition) is 2. The second kappa shape index (κ2) is 7.53. The third-order valence-electron chi connectivity index (χ3n) is 1.98. The van der Waals surface area contributed by atoms with E-state index in [2.05, 4.69) is 24.2 Å².